The molecule has 0 amide bonds. The lowest BCUT2D eigenvalue weighted by molar-refractivity contribution is 0.415. The minimum absolute atomic E-state index is 0.0779. The van der Waals surface area contributed by atoms with Gasteiger partial charge in [0.2, 0.25) is 0 Å². The number of hydrogen-bond donors (Lipinski definition) is 2. The van der Waals surface area contributed by atoms with E-state index in [1.165, 1.54) is 6.07 Å². The Bertz CT molecular complexity index is 643. The number of benzene rings is 2. The van der Waals surface area contributed by atoms with Gasteiger partial charge in [-0.2, -0.15) is 0 Å². The van der Waals surface area contributed by atoms with E-state index in [4.69, 9.17) is 15.9 Å². The van der Waals surface area contributed by atoms with E-state index in [-0.39, 0.29) is 11.7 Å². The predicted molar refractivity (Wildman–Crippen MR) is 78.5 cm³/mol. The second kappa shape index (κ2) is 5.61. The fraction of sp³-hybridized carbons (Fsp3) is 0.133. The maximum absolute atomic E-state index is 13.9. The molecule has 0 radical (unpaired) electrons. The summed E-state index contributed by atoms with van der Waals surface area (Å²) in [5.74, 6) is 0.200. The van der Waals surface area contributed by atoms with Crippen LogP contribution in [0.4, 0.5) is 15.8 Å². The van der Waals surface area contributed by atoms with Gasteiger partial charge in [-0.25, -0.2) is 4.39 Å². The van der Waals surface area contributed by atoms with Gasteiger partial charge in [0.25, 0.3) is 0 Å². The molecule has 0 spiro atoms. The summed E-state index contributed by atoms with van der Waals surface area (Å²) in [6.45, 7) is 0. The average molecular weight is 273 g/mol. The van der Waals surface area contributed by atoms with E-state index in [0.29, 0.717) is 22.7 Å². The van der Waals surface area contributed by atoms with Crippen LogP contribution in [0.3, 0.4) is 0 Å². The summed E-state index contributed by atoms with van der Waals surface area (Å²) in [7, 11) is 3.27. The van der Waals surface area contributed by atoms with Crippen molar-refractivity contribution in [3.63, 3.8) is 0 Å². The van der Waals surface area contributed by atoms with Crippen LogP contribution in [0.25, 0.3) is 0 Å². The van der Waals surface area contributed by atoms with Crippen LogP contribution in [0.2, 0.25) is 0 Å². The number of para-hydroxylation sites is 1. The molecule has 0 saturated carbocycles. The number of methoxy groups -OCH3 is 1. The van der Waals surface area contributed by atoms with E-state index in [1.807, 2.05) is 0 Å². The molecular weight excluding hydrogens is 257 g/mol. The zero-order chi connectivity index (χ0) is 14.7. The van der Waals surface area contributed by atoms with E-state index in [9.17, 15) is 4.39 Å². The van der Waals surface area contributed by atoms with E-state index >= 15 is 0 Å². The number of anilines is 2. The second-order valence-corrected chi connectivity index (χ2v) is 4.31. The van der Waals surface area contributed by atoms with Crippen molar-refractivity contribution in [1.29, 1.82) is 5.41 Å². The monoisotopic (exact) mass is 273 g/mol. The molecule has 3 N–H and O–H groups in total. The number of amidine groups is 1. The molecule has 0 unspecified atom stereocenters. The molecule has 2 rings (SSSR count). The number of rotatable bonds is 4. The molecule has 0 aliphatic heterocycles. The third kappa shape index (κ3) is 2.56. The second-order valence-electron chi connectivity index (χ2n) is 4.31. The summed E-state index contributed by atoms with van der Waals surface area (Å²) in [6.07, 6.45) is 0. The highest BCUT2D eigenvalue weighted by atomic mass is 19.1. The minimum atomic E-state index is -0.340. The van der Waals surface area contributed by atoms with Gasteiger partial charge in [0, 0.05) is 18.7 Å². The molecule has 0 bridgehead atoms. The molecule has 0 aliphatic carbocycles. The summed E-state index contributed by atoms with van der Waals surface area (Å²) in [5, 5.41) is 7.63. The number of hydrogen-bond acceptors (Lipinski definition) is 3. The molecule has 104 valence electrons. The summed E-state index contributed by atoms with van der Waals surface area (Å²) in [5.41, 5.74) is 7.13. The first-order valence-corrected chi connectivity index (χ1v) is 6.05. The number of nitrogen functional groups attached to an aromatic ring is 1. The Morgan fingerprint density at radius 2 is 1.90 bits per heavy atom. The molecule has 0 saturated heterocycles. The average Bonchev–Trinajstić information content (AvgIpc) is 2.46. The van der Waals surface area contributed by atoms with Gasteiger partial charge in [-0.1, -0.05) is 12.1 Å². The van der Waals surface area contributed by atoms with Crippen LogP contribution in [0.15, 0.2) is 42.5 Å². The topological polar surface area (TPSA) is 62.3 Å². The number of nitrogens with two attached hydrogens (primary N) is 1. The van der Waals surface area contributed by atoms with Crippen LogP contribution in [0.1, 0.15) is 5.56 Å². The summed E-state index contributed by atoms with van der Waals surface area (Å²) < 4.78 is 19.1. The largest absolute Gasteiger partial charge is 0.497 e. The quantitative estimate of drug-likeness (QED) is 0.665. The Morgan fingerprint density at radius 3 is 2.50 bits per heavy atom. The third-order valence-corrected chi connectivity index (χ3v) is 3.07. The molecule has 2 aromatic rings. The number of halogens is 1. The maximum atomic E-state index is 13.9. The van der Waals surface area contributed by atoms with Crippen molar-refractivity contribution in [3.8, 4) is 5.75 Å². The number of ether oxygens (including phenoxy) is 1. The molecule has 4 nitrogen and oxygen atoms in total. The van der Waals surface area contributed by atoms with Gasteiger partial charge in [-0.15, -0.1) is 0 Å². The summed E-state index contributed by atoms with van der Waals surface area (Å²) in [6, 6.07) is 11.6. The van der Waals surface area contributed by atoms with Crippen molar-refractivity contribution < 1.29 is 9.13 Å². The Morgan fingerprint density at radius 1 is 1.20 bits per heavy atom. The number of nitrogens with zero attached hydrogens (tertiary/aromatic N) is 1. The van der Waals surface area contributed by atoms with Crippen molar-refractivity contribution in [2.45, 2.75) is 0 Å². The molecule has 20 heavy (non-hydrogen) atoms. The van der Waals surface area contributed by atoms with Gasteiger partial charge in [-0.05, 0) is 24.3 Å². The van der Waals surface area contributed by atoms with E-state index in [2.05, 4.69) is 0 Å². The van der Waals surface area contributed by atoms with Gasteiger partial charge < -0.3 is 15.4 Å². The maximum Gasteiger partial charge on any atom is 0.146 e. The van der Waals surface area contributed by atoms with Crippen LogP contribution < -0.4 is 15.4 Å². The summed E-state index contributed by atoms with van der Waals surface area (Å²) in [4.78, 5) is 1.65. The molecule has 0 fully saturated rings. The third-order valence-electron chi connectivity index (χ3n) is 3.07. The zero-order valence-corrected chi connectivity index (χ0v) is 11.4. The van der Waals surface area contributed by atoms with Crippen LogP contribution in [0.5, 0.6) is 5.75 Å². The SMILES string of the molecule is COc1ccc(C(=N)N)c(N(C)c2ccccc2F)c1. The molecule has 0 aliphatic rings. The molecule has 2 aromatic carbocycles. The van der Waals surface area contributed by atoms with Gasteiger partial charge in [0.05, 0.1) is 18.5 Å². The molecule has 0 heterocycles. The minimum Gasteiger partial charge on any atom is -0.497 e. The normalized spacial score (nSPS) is 10.2. The van der Waals surface area contributed by atoms with Crippen LogP contribution in [0, 0.1) is 11.2 Å². The summed E-state index contributed by atoms with van der Waals surface area (Å²) >= 11 is 0. The highest BCUT2D eigenvalue weighted by Crippen LogP contribution is 2.31. The Kier molecular flexibility index (Phi) is 3.89. The Hall–Kier alpha value is -2.56. The van der Waals surface area contributed by atoms with Crippen molar-refractivity contribution in [2.24, 2.45) is 5.73 Å². The van der Waals surface area contributed by atoms with Gasteiger partial charge in [0.1, 0.15) is 17.4 Å². The van der Waals surface area contributed by atoms with E-state index < -0.39 is 0 Å². The predicted octanol–water partition coefficient (Wildman–Crippen LogP) is 2.89. The van der Waals surface area contributed by atoms with Gasteiger partial charge >= 0.3 is 0 Å². The molecule has 0 atom stereocenters. The van der Waals surface area contributed by atoms with Gasteiger partial charge in [-0.3, -0.25) is 5.41 Å². The zero-order valence-electron chi connectivity index (χ0n) is 11.4. The molecule has 5 heteroatoms. The highest BCUT2D eigenvalue weighted by Gasteiger charge is 2.15. The fourth-order valence-electron chi connectivity index (χ4n) is 2.00. The van der Waals surface area contributed by atoms with Crippen molar-refractivity contribution >= 4 is 17.2 Å². The number of nitrogens with one attached hydrogen (secondary N) is 1. The smallest absolute Gasteiger partial charge is 0.146 e. The lowest BCUT2D eigenvalue weighted by Gasteiger charge is -2.23. The van der Waals surface area contributed by atoms with Crippen molar-refractivity contribution in [2.75, 3.05) is 19.1 Å². The molecule has 0 aromatic heterocycles. The van der Waals surface area contributed by atoms with Gasteiger partial charge in [0.15, 0.2) is 0 Å². The van der Waals surface area contributed by atoms with Crippen LogP contribution in [-0.4, -0.2) is 20.0 Å². The van der Waals surface area contributed by atoms with Crippen LogP contribution in [-0.2, 0) is 0 Å². The first-order valence-electron chi connectivity index (χ1n) is 6.05. The lowest BCUT2D eigenvalue weighted by atomic mass is 10.1. The fourth-order valence-corrected chi connectivity index (χ4v) is 2.00. The van der Waals surface area contributed by atoms with Crippen molar-refractivity contribution in [1.82, 2.24) is 0 Å². The molecular formula is C15H16FN3O. The van der Waals surface area contributed by atoms with E-state index in [1.54, 1.807) is 55.5 Å². The first-order chi connectivity index (χ1) is 9.54. The Labute approximate surface area is 117 Å². The van der Waals surface area contributed by atoms with Crippen molar-refractivity contribution in [3.05, 3.63) is 53.8 Å². The first kappa shape index (κ1) is 13.9. The lowest BCUT2D eigenvalue weighted by Crippen LogP contribution is -2.19. The standard InChI is InChI=1S/C15H16FN3O/c1-19(13-6-4-3-5-12(13)16)14-9-10(20-2)7-8-11(14)15(17)18/h3-9H,1-2H3,(H3,17,18). The Balaban J connectivity index is 2.55. The highest BCUT2D eigenvalue weighted by molar-refractivity contribution is 6.01. The van der Waals surface area contributed by atoms with Crippen LogP contribution >= 0.6 is 0 Å². The van der Waals surface area contributed by atoms with E-state index in [0.717, 1.165) is 0 Å².